The first-order valence-corrected chi connectivity index (χ1v) is 12.5. The summed E-state index contributed by atoms with van der Waals surface area (Å²) in [6.45, 7) is 9.87. The van der Waals surface area contributed by atoms with E-state index in [9.17, 15) is 5.26 Å². The molecule has 4 aliphatic heterocycles. The van der Waals surface area contributed by atoms with Gasteiger partial charge in [0.2, 0.25) is 0 Å². The van der Waals surface area contributed by atoms with Gasteiger partial charge >= 0.3 is 0 Å². The van der Waals surface area contributed by atoms with Gasteiger partial charge in [0.15, 0.2) is 0 Å². The number of morpholine rings is 1. The van der Waals surface area contributed by atoms with Gasteiger partial charge in [-0.05, 0) is 56.1 Å². The molecule has 0 radical (unpaired) electrons. The maximum absolute atomic E-state index is 10.6. The highest BCUT2D eigenvalue weighted by molar-refractivity contribution is 6.10. The normalized spacial score (nSPS) is 28.6. The van der Waals surface area contributed by atoms with E-state index in [0.717, 1.165) is 67.4 Å². The molecule has 0 aliphatic carbocycles. The Labute approximate surface area is 207 Å². The molecule has 2 N–H and O–H groups in total. The van der Waals surface area contributed by atoms with Crippen molar-refractivity contribution in [3.05, 3.63) is 53.3 Å². The third kappa shape index (κ3) is 4.20. The second kappa shape index (κ2) is 9.61. The minimum atomic E-state index is -0.601. The van der Waals surface area contributed by atoms with Crippen LogP contribution >= 0.6 is 0 Å². The van der Waals surface area contributed by atoms with Gasteiger partial charge in [-0.1, -0.05) is 0 Å². The molecule has 9 nitrogen and oxygen atoms in total. The van der Waals surface area contributed by atoms with Crippen LogP contribution in [-0.4, -0.2) is 90.4 Å². The largest absolute Gasteiger partial charge is 0.383 e. The number of likely N-dealkylation sites (tertiary alicyclic amines) is 1. The van der Waals surface area contributed by atoms with Crippen molar-refractivity contribution < 1.29 is 9.47 Å². The second-order valence-corrected chi connectivity index (χ2v) is 10.0. The van der Waals surface area contributed by atoms with Gasteiger partial charge in [-0.25, -0.2) is 0 Å². The van der Waals surface area contributed by atoms with Crippen molar-refractivity contribution in [1.29, 1.82) is 5.26 Å². The lowest BCUT2D eigenvalue weighted by Gasteiger charge is -2.48. The Morgan fingerprint density at radius 2 is 2.11 bits per heavy atom. The maximum atomic E-state index is 10.6. The fourth-order valence-electron chi connectivity index (χ4n) is 5.78. The van der Waals surface area contributed by atoms with Gasteiger partial charge in [-0.3, -0.25) is 10.1 Å². The van der Waals surface area contributed by atoms with Gasteiger partial charge in [0, 0.05) is 45.7 Å². The molecule has 1 aromatic rings. The van der Waals surface area contributed by atoms with E-state index in [1.807, 2.05) is 12.3 Å². The maximum Gasteiger partial charge on any atom is 0.106 e. The Balaban J connectivity index is 1.59. The molecule has 2 fully saturated rings. The summed E-state index contributed by atoms with van der Waals surface area (Å²) >= 11 is 0. The number of H-pyrrole nitrogens is 1. The molecule has 0 bridgehead atoms. The zero-order chi connectivity index (χ0) is 24.5. The second-order valence-electron chi connectivity index (χ2n) is 10.0. The van der Waals surface area contributed by atoms with Gasteiger partial charge in [-0.2, -0.15) is 10.4 Å². The predicted octanol–water partition coefficient (Wildman–Crippen LogP) is 2.20. The fourth-order valence-corrected chi connectivity index (χ4v) is 5.78. The molecule has 9 heteroatoms. The van der Waals surface area contributed by atoms with Crippen LogP contribution in [0, 0.1) is 16.7 Å². The van der Waals surface area contributed by atoms with E-state index < -0.39 is 11.0 Å². The van der Waals surface area contributed by atoms with Crippen molar-refractivity contribution in [2.45, 2.75) is 38.3 Å². The molecule has 0 spiro atoms. The highest BCUT2D eigenvalue weighted by Crippen LogP contribution is 2.47. The van der Waals surface area contributed by atoms with Crippen LogP contribution in [-0.2, 0) is 9.47 Å². The number of rotatable bonds is 6. The standard InChI is InChI=1S/C26H35N7O2/c1-19-17-35-15-13-33(19)23-16-21(26(18-27)6-10-32(11-7-26)12-14-34-3)20-4-8-28-24(25(20,2)30-23)22-5-9-29-31-22/h4-5,8-9,16,19,30H,6-7,10-15,17H2,1-3H3,(H,29,31)/t19-,25?/m1/s1. The van der Waals surface area contributed by atoms with Crippen molar-refractivity contribution >= 4 is 5.71 Å². The van der Waals surface area contributed by atoms with Crippen LogP contribution in [0.2, 0.25) is 0 Å². The summed E-state index contributed by atoms with van der Waals surface area (Å²) in [7, 11) is 1.74. The van der Waals surface area contributed by atoms with E-state index in [1.165, 1.54) is 0 Å². The lowest BCUT2D eigenvalue weighted by Crippen LogP contribution is -2.59. The number of nitrogens with one attached hydrogen (secondary N) is 2. The van der Waals surface area contributed by atoms with Crippen molar-refractivity contribution in [3.63, 3.8) is 0 Å². The van der Waals surface area contributed by atoms with E-state index >= 15 is 0 Å². The number of hydrogen-bond acceptors (Lipinski definition) is 8. The average Bonchev–Trinajstić information content (AvgIpc) is 3.41. The molecule has 1 unspecified atom stereocenters. The van der Waals surface area contributed by atoms with Crippen LogP contribution in [0.1, 0.15) is 32.4 Å². The molecule has 0 amide bonds. The third-order valence-corrected chi connectivity index (χ3v) is 7.89. The van der Waals surface area contributed by atoms with E-state index in [2.05, 4.69) is 57.4 Å². The Morgan fingerprint density at radius 3 is 2.80 bits per heavy atom. The number of hydrogen-bond donors (Lipinski definition) is 2. The number of nitriles is 1. The van der Waals surface area contributed by atoms with Crippen molar-refractivity contribution in [3.8, 4) is 6.07 Å². The monoisotopic (exact) mass is 477 g/mol. The minimum absolute atomic E-state index is 0.231. The van der Waals surface area contributed by atoms with Gasteiger partial charge in [-0.15, -0.1) is 0 Å². The van der Waals surface area contributed by atoms with E-state index in [-0.39, 0.29) is 6.04 Å². The highest BCUT2D eigenvalue weighted by atomic mass is 16.5. The Kier molecular flexibility index (Phi) is 6.53. The summed E-state index contributed by atoms with van der Waals surface area (Å²) in [5.41, 5.74) is 2.79. The van der Waals surface area contributed by atoms with E-state index in [1.54, 1.807) is 13.3 Å². The fraction of sp³-hybridized carbons (Fsp3) is 0.577. The third-order valence-electron chi connectivity index (χ3n) is 7.89. The smallest absolute Gasteiger partial charge is 0.106 e. The average molecular weight is 478 g/mol. The molecule has 5 rings (SSSR count). The number of aromatic nitrogens is 2. The number of nitrogens with zero attached hydrogens (tertiary/aromatic N) is 5. The number of allylic oxidation sites excluding steroid dienone is 2. The van der Waals surface area contributed by atoms with Crippen molar-refractivity contribution in [1.82, 2.24) is 25.3 Å². The zero-order valence-electron chi connectivity index (χ0n) is 20.9. The van der Waals surface area contributed by atoms with Crippen LogP contribution in [0.15, 0.2) is 52.6 Å². The number of methoxy groups -OCH3 is 1. The first-order valence-electron chi connectivity index (χ1n) is 12.5. The molecule has 0 aromatic carbocycles. The van der Waals surface area contributed by atoms with E-state index in [4.69, 9.17) is 14.5 Å². The molecule has 2 atom stereocenters. The Hall–Kier alpha value is -2.93. The number of piperidine rings is 1. The van der Waals surface area contributed by atoms with Gasteiger partial charge in [0.1, 0.15) is 11.4 Å². The van der Waals surface area contributed by atoms with E-state index in [0.29, 0.717) is 19.8 Å². The summed E-state index contributed by atoms with van der Waals surface area (Å²) < 4.78 is 11.0. The zero-order valence-corrected chi connectivity index (χ0v) is 20.9. The molecule has 4 aliphatic rings. The molecule has 2 saturated heterocycles. The van der Waals surface area contributed by atoms with Crippen LogP contribution < -0.4 is 5.32 Å². The number of aromatic amines is 1. The van der Waals surface area contributed by atoms with Crippen LogP contribution in [0.4, 0.5) is 0 Å². The van der Waals surface area contributed by atoms with Gasteiger partial charge < -0.3 is 24.6 Å². The summed E-state index contributed by atoms with van der Waals surface area (Å²) in [4.78, 5) is 9.56. The SMILES string of the molecule is COCCN1CCC(C#N)(C2=C3C=CN=C(c4ccn[nH]4)C3(C)NC(N3CCOC[C@H]3C)=C2)CC1. The van der Waals surface area contributed by atoms with Crippen LogP contribution in [0.25, 0.3) is 0 Å². The number of aliphatic imine (C=N–C) groups is 1. The molecule has 35 heavy (non-hydrogen) atoms. The number of ether oxygens (including phenoxy) is 2. The summed E-state index contributed by atoms with van der Waals surface area (Å²) in [5.74, 6) is 1.03. The topological polar surface area (TPSA) is 102 Å². The summed E-state index contributed by atoms with van der Waals surface area (Å²) in [5, 5.41) is 21.7. The van der Waals surface area contributed by atoms with Crippen LogP contribution in [0.5, 0.6) is 0 Å². The molecular formula is C26H35N7O2. The lowest BCUT2D eigenvalue weighted by atomic mass is 9.66. The molecule has 0 saturated carbocycles. The first-order chi connectivity index (χ1) is 17.0. The molecule has 1 aromatic heterocycles. The Bertz CT molecular complexity index is 1090. The van der Waals surface area contributed by atoms with Crippen molar-refractivity contribution in [2.75, 3.05) is 53.1 Å². The van der Waals surface area contributed by atoms with Crippen molar-refractivity contribution in [2.24, 2.45) is 10.4 Å². The lowest BCUT2D eigenvalue weighted by molar-refractivity contribution is 0.0120. The van der Waals surface area contributed by atoms with Gasteiger partial charge in [0.05, 0.1) is 48.8 Å². The molecule has 186 valence electrons. The first kappa shape index (κ1) is 23.8. The highest BCUT2D eigenvalue weighted by Gasteiger charge is 2.48. The number of fused-ring (bicyclic) bond motifs is 1. The number of dihydropyridines is 1. The molecule has 5 heterocycles. The molecular weight excluding hydrogens is 442 g/mol. The van der Waals surface area contributed by atoms with Crippen LogP contribution in [0.3, 0.4) is 0 Å². The Morgan fingerprint density at radius 1 is 1.29 bits per heavy atom. The minimum Gasteiger partial charge on any atom is -0.383 e. The predicted molar refractivity (Wildman–Crippen MR) is 133 cm³/mol. The van der Waals surface area contributed by atoms with Gasteiger partial charge in [0.25, 0.3) is 0 Å². The quantitative estimate of drug-likeness (QED) is 0.648. The summed E-state index contributed by atoms with van der Waals surface area (Å²) in [6, 6.07) is 4.95. The summed E-state index contributed by atoms with van der Waals surface area (Å²) in [6.07, 6.45) is 9.48.